The Labute approximate surface area is 195 Å². The molecule has 0 saturated carbocycles. The summed E-state index contributed by atoms with van der Waals surface area (Å²) in [7, 11) is 0. The van der Waals surface area contributed by atoms with Gasteiger partial charge in [-0.2, -0.15) is 4.98 Å². The summed E-state index contributed by atoms with van der Waals surface area (Å²) in [6.45, 7) is 3.76. The van der Waals surface area contributed by atoms with Crippen LogP contribution >= 0.6 is 0 Å². The standard InChI is InChI=1S/C26H21FN4O3/c1-16-8-11-20(14-17(16)2)26(19-6-4-3-5-7-19)24(32)31(25(33)29-26)15-22-28-23(30-34-22)18-9-12-21(27)13-10-18/h3-14H,15H2,1-2H3,(H,29,33)/t26-/m0/s1. The number of hydrogen-bond acceptors (Lipinski definition) is 5. The van der Waals surface area contributed by atoms with Crippen molar-refractivity contribution >= 4 is 11.9 Å². The first-order valence-electron chi connectivity index (χ1n) is 10.7. The summed E-state index contributed by atoms with van der Waals surface area (Å²) in [6.07, 6.45) is 0. The Balaban J connectivity index is 1.51. The van der Waals surface area contributed by atoms with Crippen LogP contribution < -0.4 is 5.32 Å². The summed E-state index contributed by atoms with van der Waals surface area (Å²) in [5.74, 6) is -0.485. The highest BCUT2D eigenvalue weighted by atomic mass is 19.1. The molecule has 1 fully saturated rings. The molecule has 1 saturated heterocycles. The van der Waals surface area contributed by atoms with Crippen LogP contribution in [0.15, 0.2) is 77.3 Å². The van der Waals surface area contributed by atoms with Gasteiger partial charge in [0.1, 0.15) is 12.4 Å². The molecule has 3 amide bonds. The summed E-state index contributed by atoms with van der Waals surface area (Å²) in [4.78, 5) is 32.3. The molecule has 3 aromatic carbocycles. The number of amides is 3. The van der Waals surface area contributed by atoms with Crippen LogP contribution in [0, 0.1) is 19.7 Å². The van der Waals surface area contributed by atoms with Crippen LogP contribution in [0.2, 0.25) is 0 Å². The molecule has 1 aromatic heterocycles. The molecule has 8 heteroatoms. The third-order valence-electron chi connectivity index (χ3n) is 6.12. The van der Waals surface area contributed by atoms with Crippen LogP contribution in [0.5, 0.6) is 0 Å². The van der Waals surface area contributed by atoms with E-state index in [2.05, 4.69) is 15.5 Å². The van der Waals surface area contributed by atoms with Crippen molar-refractivity contribution in [3.8, 4) is 11.4 Å². The molecule has 0 bridgehead atoms. The number of aryl methyl sites for hydroxylation is 2. The van der Waals surface area contributed by atoms with E-state index >= 15 is 0 Å². The van der Waals surface area contributed by atoms with Gasteiger partial charge in [0.2, 0.25) is 11.7 Å². The molecule has 2 heterocycles. The van der Waals surface area contributed by atoms with Crippen molar-refractivity contribution in [2.45, 2.75) is 25.9 Å². The molecule has 1 aliphatic heterocycles. The van der Waals surface area contributed by atoms with Crippen LogP contribution in [-0.4, -0.2) is 27.0 Å². The second-order valence-electron chi connectivity index (χ2n) is 8.26. The minimum atomic E-state index is -1.38. The zero-order valence-electron chi connectivity index (χ0n) is 18.6. The minimum Gasteiger partial charge on any atom is -0.337 e. The maximum Gasteiger partial charge on any atom is 0.326 e. The van der Waals surface area contributed by atoms with Gasteiger partial charge in [0.05, 0.1) is 0 Å². The first-order chi connectivity index (χ1) is 16.4. The Morgan fingerprint density at radius 2 is 1.68 bits per heavy atom. The number of nitrogens with one attached hydrogen (secondary N) is 1. The number of rotatable bonds is 5. The molecule has 0 spiro atoms. The van der Waals surface area contributed by atoms with Crippen LogP contribution in [0.25, 0.3) is 11.4 Å². The van der Waals surface area contributed by atoms with Gasteiger partial charge in [-0.1, -0.05) is 53.7 Å². The average Bonchev–Trinajstić information content (AvgIpc) is 3.41. The quantitative estimate of drug-likeness (QED) is 0.447. The van der Waals surface area contributed by atoms with Crippen molar-refractivity contribution in [3.05, 3.63) is 107 Å². The number of nitrogens with zero attached hydrogens (tertiary/aromatic N) is 3. The number of carbonyl (C=O) groups is 2. The van der Waals surface area contributed by atoms with Crippen LogP contribution in [-0.2, 0) is 16.9 Å². The average molecular weight is 456 g/mol. The van der Waals surface area contributed by atoms with Crippen LogP contribution in [0.3, 0.4) is 0 Å². The smallest absolute Gasteiger partial charge is 0.326 e. The summed E-state index contributed by atoms with van der Waals surface area (Å²) in [5.41, 5.74) is 2.59. The predicted octanol–water partition coefficient (Wildman–Crippen LogP) is 4.49. The Morgan fingerprint density at radius 3 is 2.38 bits per heavy atom. The van der Waals surface area contributed by atoms with Crippen LogP contribution in [0.4, 0.5) is 9.18 Å². The number of benzene rings is 3. The second-order valence-corrected chi connectivity index (χ2v) is 8.26. The maximum absolute atomic E-state index is 13.9. The molecule has 7 nitrogen and oxygen atoms in total. The van der Waals surface area contributed by atoms with Gasteiger partial charge in [-0.25, -0.2) is 9.18 Å². The van der Waals surface area contributed by atoms with Gasteiger partial charge in [-0.3, -0.25) is 9.69 Å². The lowest BCUT2D eigenvalue weighted by Gasteiger charge is -2.28. The summed E-state index contributed by atoms with van der Waals surface area (Å²) >= 11 is 0. The lowest BCUT2D eigenvalue weighted by Crippen LogP contribution is -2.45. The van der Waals surface area contributed by atoms with Crippen molar-refractivity contribution in [2.24, 2.45) is 0 Å². The van der Waals surface area contributed by atoms with Crippen molar-refractivity contribution in [1.29, 1.82) is 0 Å². The monoisotopic (exact) mass is 456 g/mol. The Bertz CT molecular complexity index is 1380. The van der Waals surface area contributed by atoms with E-state index in [1.165, 1.54) is 24.3 Å². The van der Waals surface area contributed by atoms with E-state index in [1.807, 2.05) is 62.4 Å². The fraction of sp³-hybridized carbons (Fsp3) is 0.154. The molecule has 5 rings (SSSR count). The van der Waals surface area contributed by atoms with Crippen molar-refractivity contribution in [3.63, 3.8) is 0 Å². The van der Waals surface area contributed by atoms with E-state index in [0.29, 0.717) is 16.7 Å². The van der Waals surface area contributed by atoms with Crippen LogP contribution in [0.1, 0.15) is 28.1 Å². The van der Waals surface area contributed by atoms with Gasteiger partial charge in [-0.15, -0.1) is 0 Å². The predicted molar refractivity (Wildman–Crippen MR) is 122 cm³/mol. The summed E-state index contributed by atoms with van der Waals surface area (Å²) in [6, 6.07) is 19.9. The Kier molecular flexibility index (Phi) is 5.20. The van der Waals surface area contributed by atoms with Gasteiger partial charge in [0, 0.05) is 5.56 Å². The van der Waals surface area contributed by atoms with Crippen molar-refractivity contribution < 1.29 is 18.5 Å². The maximum atomic E-state index is 13.9. The number of hydrogen-bond donors (Lipinski definition) is 1. The lowest BCUT2D eigenvalue weighted by molar-refractivity contribution is -0.130. The lowest BCUT2D eigenvalue weighted by atomic mass is 9.81. The molecule has 0 aliphatic carbocycles. The zero-order valence-corrected chi connectivity index (χ0v) is 18.6. The molecule has 0 radical (unpaired) electrons. The summed E-state index contributed by atoms with van der Waals surface area (Å²) in [5, 5.41) is 6.82. The fourth-order valence-electron chi connectivity index (χ4n) is 4.11. The van der Waals surface area contributed by atoms with E-state index in [9.17, 15) is 14.0 Å². The number of halogens is 1. The first-order valence-corrected chi connectivity index (χ1v) is 10.7. The summed E-state index contributed by atoms with van der Waals surface area (Å²) < 4.78 is 18.5. The Morgan fingerprint density at radius 1 is 0.941 bits per heavy atom. The second kappa shape index (κ2) is 8.22. The highest BCUT2D eigenvalue weighted by molar-refractivity contribution is 6.09. The Hall–Kier alpha value is -4.33. The highest BCUT2D eigenvalue weighted by Gasteiger charge is 2.54. The van der Waals surface area contributed by atoms with E-state index in [-0.39, 0.29) is 24.1 Å². The number of aromatic nitrogens is 2. The van der Waals surface area contributed by atoms with E-state index < -0.39 is 17.5 Å². The number of imide groups is 1. The molecule has 34 heavy (non-hydrogen) atoms. The first kappa shape index (κ1) is 21.5. The molecule has 1 aliphatic rings. The van der Waals surface area contributed by atoms with Gasteiger partial charge in [0.25, 0.3) is 5.91 Å². The normalized spacial score (nSPS) is 17.8. The third kappa shape index (κ3) is 3.53. The minimum absolute atomic E-state index is 0.0896. The topological polar surface area (TPSA) is 88.3 Å². The SMILES string of the molecule is Cc1ccc([C@]2(c3ccccc3)NC(=O)N(Cc3nc(-c4ccc(F)cc4)no3)C2=O)cc1C. The van der Waals surface area contributed by atoms with Gasteiger partial charge in [-0.05, 0) is 60.4 Å². The van der Waals surface area contributed by atoms with Gasteiger partial charge in [0.15, 0.2) is 5.54 Å². The molecule has 1 N–H and O–H groups in total. The third-order valence-corrected chi connectivity index (χ3v) is 6.12. The van der Waals surface area contributed by atoms with Gasteiger partial charge >= 0.3 is 6.03 Å². The molecule has 170 valence electrons. The highest BCUT2D eigenvalue weighted by Crippen LogP contribution is 2.37. The zero-order chi connectivity index (χ0) is 23.9. The van der Waals surface area contributed by atoms with E-state index in [1.54, 1.807) is 0 Å². The van der Waals surface area contributed by atoms with E-state index in [0.717, 1.165) is 16.0 Å². The molecule has 0 unspecified atom stereocenters. The van der Waals surface area contributed by atoms with Crippen molar-refractivity contribution in [1.82, 2.24) is 20.4 Å². The molecule has 1 atom stereocenters. The number of urea groups is 1. The molecular formula is C26H21FN4O3. The van der Waals surface area contributed by atoms with Gasteiger partial charge < -0.3 is 9.84 Å². The van der Waals surface area contributed by atoms with E-state index in [4.69, 9.17) is 4.52 Å². The number of carbonyl (C=O) groups excluding carboxylic acids is 2. The molecule has 4 aromatic rings. The van der Waals surface area contributed by atoms with Crippen molar-refractivity contribution in [2.75, 3.05) is 0 Å². The molecular weight excluding hydrogens is 435 g/mol. The largest absolute Gasteiger partial charge is 0.337 e. The fourth-order valence-corrected chi connectivity index (χ4v) is 4.11.